The van der Waals surface area contributed by atoms with Gasteiger partial charge in [0.2, 0.25) is 0 Å². The van der Waals surface area contributed by atoms with E-state index in [1.54, 1.807) is 6.92 Å². The zero-order chi connectivity index (χ0) is 20.1. The highest BCUT2D eigenvalue weighted by Crippen LogP contribution is 2.33. The molecule has 0 saturated carbocycles. The molecule has 0 bridgehead atoms. The average Bonchev–Trinajstić information content (AvgIpc) is 2.97. The first-order valence-electron chi connectivity index (χ1n) is 7.72. The summed E-state index contributed by atoms with van der Waals surface area (Å²) in [6.45, 7) is 1.23. The summed E-state index contributed by atoms with van der Waals surface area (Å²) >= 11 is 6.62. The number of esters is 2. The maximum atomic E-state index is 13.8. The number of carbonyl (C=O) groups excluding carboxylic acids is 3. The average molecular weight is 415 g/mol. The Hall–Kier alpha value is -2.65. The first-order chi connectivity index (χ1) is 12.8. The van der Waals surface area contributed by atoms with E-state index in [0.29, 0.717) is 0 Å². The quantitative estimate of drug-likeness (QED) is 0.703. The number of nitrogens with one attached hydrogen (secondary N) is 1. The van der Waals surface area contributed by atoms with Crippen LogP contribution in [0.2, 0.25) is 5.02 Å². The zero-order valence-corrected chi connectivity index (χ0v) is 16.0. The van der Waals surface area contributed by atoms with Gasteiger partial charge in [-0.3, -0.25) is 4.79 Å². The second kappa shape index (κ2) is 8.83. The molecule has 0 atom stereocenters. The number of hydrogen-bond acceptors (Lipinski definition) is 7. The van der Waals surface area contributed by atoms with Crippen molar-refractivity contribution in [3.63, 3.8) is 0 Å². The highest BCUT2D eigenvalue weighted by atomic mass is 35.5. The second-order valence-electron chi connectivity index (χ2n) is 5.15. The molecule has 1 aromatic heterocycles. The van der Waals surface area contributed by atoms with Crippen molar-refractivity contribution in [2.24, 2.45) is 0 Å². The van der Waals surface area contributed by atoms with Gasteiger partial charge < -0.3 is 20.5 Å². The summed E-state index contributed by atoms with van der Waals surface area (Å²) in [5, 5.41) is 2.62. The maximum Gasteiger partial charge on any atom is 0.341 e. The van der Waals surface area contributed by atoms with E-state index >= 15 is 0 Å². The molecule has 27 heavy (non-hydrogen) atoms. The van der Waals surface area contributed by atoms with Crippen LogP contribution in [0, 0.1) is 5.82 Å². The first-order valence-corrected chi connectivity index (χ1v) is 8.92. The third kappa shape index (κ3) is 4.55. The number of benzene rings is 1. The van der Waals surface area contributed by atoms with Gasteiger partial charge in [0.05, 0.1) is 12.2 Å². The predicted molar refractivity (Wildman–Crippen MR) is 98.6 cm³/mol. The molecule has 0 unspecified atom stereocenters. The van der Waals surface area contributed by atoms with Crippen molar-refractivity contribution in [3.8, 4) is 0 Å². The Morgan fingerprint density at radius 3 is 2.59 bits per heavy atom. The number of hydrogen-bond donors (Lipinski definition) is 2. The number of amides is 1. The highest BCUT2D eigenvalue weighted by molar-refractivity contribution is 7.18. The molecular weight excluding hydrogens is 399 g/mol. The van der Waals surface area contributed by atoms with Crippen LogP contribution in [0.15, 0.2) is 18.2 Å². The molecular formula is C17H16ClFN2O5S. The molecule has 2 rings (SSSR count). The molecule has 1 aromatic carbocycles. The molecule has 144 valence electrons. The number of halogens is 2. The van der Waals surface area contributed by atoms with Crippen LogP contribution in [-0.2, 0) is 16.1 Å². The monoisotopic (exact) mass is 414 g/mol. The van der Waals surface area contributed by atoms with Crippen LogP contribution < -0.4 is 11.1 Å². The lowest BCUT2D eigenvalue weighted by atomic mass is 10.1. The summed E-state index contributed by atoms with van der Waals surface area (Å²) in [6, 6.07) is 3.43. The lowest BCUT2D eigenvalue weighted by molar-refractivity contribution is 0.0445. The van der Waals surface area contributed by atoms with Crippen molar-refractivity contribution in [1.29, 1.82) is 0 Å². The predicted octanol–water partition coefficient (Wildman–Crippen LogP) is 3.02. The van der Waals surface area contributed by atoms with Gasteiger partial charge in [-0.1, -0.05) is 11.6 Å². The van der Waals surface area contributed by atoms with E-state index in [1.807, 2.05) is 0 Å². The van der Waals surface area contributed by atoms with E-state index in [2.05, 4.69) is 5.32 Å². The fourth-order valence-corrected chi connectivity index (χ4v) is 3.40. The molecule has 0 saturated heterocycles. The fourth-order valence-electron chi connectivity index (χ4n) is 2.22. The van der Waals surface area contributed by atoms with Gasteiger partial charge in [0.25, 0.3) is 5.91 Å². The van der Waals surface area contributed by atoms with Crippen LogP contribution >= 0.6 is 22.9 Å². The third-order valence-electron chi connectivity index (χ3n) is 3.44. The normalized spacial score (nSPS) is 10.4. The topological polar surface area (TPSA) is 108 Å². The molecule has 10 heteroatoms. The third-order valence-corrected chi connectivity index (χ3v) is 4.74. The Kier molecular flexibility index (Phi) is 6.75. The summed E-state index contributed by atoms with van der Waals surface area (Å²) < 4.78 is 23.8. The summed E-state index contributed by atoms with van der Waals surface area (Å²) in [4.78, 5) is 36.5. The minimum absolute atomic E-state index is 0.0482. The largest absolute Gasteiger partial charge is 0.462 e. The highest BCUT2D eigenvalue weighted by Gasteiger charge is 2.28. The van der Waals surface area contributed by atoms with Gasteiger partial charge in [-0.15, -0.1) is 11.3 Å². The number of thiophene rings is 1. The van der Waals surface area contributed by atoms with Crippen molar-refractivity contribution >= 4 is 45.8 Å². The van der Waals surface area contributed by atoms with Crippen molar-refractivity contribution in [2.75, 3.05) is 19.4 Å². The minimum Gasteiger partial charge on any atom is -0.462 e. The summed E-state index contributed by atoms with van der Waals surface area (Å²) in [5.74, 6) is -3.08. The number of nitrogens with two attached hydrogens (primary N) is 1. The number of carbonyl (C=O) groups is 3. The Morgan fingerprint density at radius 1 is 1.26 bits per heavy atom. The van der Waals surface area contributed by atoms with Crippen LogP contribution in [0.25, 0.3) is 0 Å². The summed E-state index contributed by atoms with van der Waals surface area (Å²) in [6.07, 6.45) is 0. The molecule has 2 aromatic rings. The van der Waals surface area contributed by atoms with Crippen molar-refractivity contribution in [2.45, 2.75) is 13.5 Å². The minimum atomic E-state index is -1.00. The lowest BCUT2D eigenvalue weighted by Gasteiger charge is -2.09. The molecule has 0 aliphatic rings. The van der Waals surface area contributed by atoms with Gasteiger partial charge in [-0.2, -0.15) is 0 Å². The smallest absolute Gasteiger partial charge is 0.341 e. The van der Waals surface area contributed by atoms with Crippen molar-refractivity contribution in [1.82, 2.24) is 5.32 Å². The molecule has 0 aliphatic heterocycles. The van der Waals surface area contributed by atoms with E-state index in [0.717, 1.165) is 23.5 Å². The van der Waals surface area contributed by atoms with Gasteiger partial charge >= 0.3 is 11.9 Å². The van der Waals surface area contributed by atoms with Gasteiger partial charge in [-0.25, -0.2) is 14.0 Å². The van der Waals surface area contributed by atoms with Crippen LogP contribution in [0.3, 0.4) is 0 Å². The molecule has 3 N–H and O–H groups in total. The van der Waals surface area contributed by atoms with Gasteiger partial charge in [-0.05, 0) is 25.1 Å². The number of anilines is 1. The second-order valence-corrected chi connectivity index (χ2v) is 6.64. The molecule has 1 heterocycles. The maximum absolute atomic E-state index is 13.8. The first kappa shape index (κ1) is 20.7. The number of nitrogen functional groups attached to an aromatic ring is 1. The van der Waals surface area contributed by atoms with Crippen LogP contribution in [0.1, 0.15) is 42.9 Å². The van der Waals surface area contributed by atoms with E-state index in [-0.39, 0.29) is 38.2 Å². The van der Waals surface area contributed by atoms with E-state index in [4.69, 9.17) is 26.8 Å². The Bertz CT molecular complexity index is 900. The van der Waals surface area contributed by atoms with Crippen molar-refractivity contribution < 1.29 is 28.2 Å². The molecule has 7 nitrogen and oxygen atoms in total. The lowest BCUT2D eigenvalue weighted by Crippen LogP contribution is -2.20. The summed E-state index contributed by atoms with van der Waals surface area (Å²) in [5.41, 5.74) is 5.51. The van der Waals surface area contributed by atoms with Crippen LogP contribution in [0.4, 0.5) is 9.39 Å². The molecule has 0 spiro atoms. The van der Waals surface area contributed by atoms with E-state index in [9.17, 15) is 18.8 Å². The van der Waals surface area contributed by atoms with Crippen LogP contribution in [0.5, 0.6) is 0 Å². The fraction of sp³-hybridized carbons (Fsp3) is 0.235. The van der Waals surface area contributed by atoms with Crippen molar-refractivity contribution in [3.05, 3.63) is 50.6 Å². The molecule has 1 amide bonds. The SMILES string of the molecule is CCOC(=O)c1c(N)sc(C(=O)NC)c1COC(=O)c1cc(Cl)ccc1F. The Balaban J connectivity index is 2.36. The van der Waals surface area contributed by atoms with E-state index < -0.39 is 30.3 Å². The standard InChI is InChI=1S/C17H16ClFN2O5S/c1-3-25-17(24)12-10(13(15(22)21-2)27-14(12)20)7-26-16(23)9-6-8(18)4-5-11(9)19/h4-6H,3,7,20H2,1-2H3,(H,21,22). The molecule has 0 radical (unpaired) electrons. The molecule has 0 aliphatic carbocycles. The van der Waals surface area contributed by atoms with Crippen LogP contribution in [-0.4, -0.2) is 31.5 Å². The molecule has 0 fully saturated rings. The van der Waals surface area contributed by atoms with Gasteiger partial charge in [0.15, 0.2) is 0 Å². The Labute approximate surface area is 163 Å². The summed E-state index contributed by atoms with van der Waals surface area (Å²) in [7, 11) is 1.40. The number of rotatable bonds is 6. The number of ether oxygens (including phenoxy) is 2. The van der Waals surface area contributed by atoms with Gasteiger partial charge in [0.1, 0.15) is 27.9 Å². The van der Waals surface area contributed by atoms with Gasteiger partial charge in [0, 0.05) is 17.6 Å². The zero-order valence-electron chi connectivity index (χ0n) is 14.4. The van der Waals surface area contributed by atoms with E-state index in [1.165, 1.54) is 13.1 Å². The Morgan fingerprint density at radius 2 is 1.96 bits per heavy atom.